The van der Waals surface area contributed by atoms with E-state index >= 15 is 0 Å². The Bertz CT molecular complexity index is 413. The van der Waals surface area contributed by atoms with E-state index in [-0.39, 0.29) is 5.41 Å². The van der Waals surface area contributed by atoms with Gasteiger partial charge in [0.2, 0.25) is 5.88 Å². The fourth-order valence-electron chi connectivity index (χ4n) is 1.54. The maximum Gasteiger partial charge on any atom is 0.218 e. The number of rotatable bonds is 7. The summed E-state index contributed by atoms with van der Waals surface area (Å²) in [7, 11) is 4.11. The number of nitrogens with one attached hydrogen (secondary N) is 1. The molecule has 0 saturated carbocycles. The average molecular weight is 280 g/mol. The monoisotopic (exact) mass is 280 g/mol. The average Bonchev–Trinajstić information content (AvgIpc) is 2.34. The summed E-state index contributed by atoms with van der Waals surface area (Å²) in [5.41, 5.74) is -0.0937. The van der Waals surface area contributed by atoms with Crippen molar-refractivity contribution in [1.29, 1.82) is 0 Å². The molecule has 0 amide bonds. The highest BCUT2D eigenvalue weighted by Crippen LogP contribution is 2.23. The molecule has 0 aromatic carbocycles. The van der Waals surface area contributed by atoms with E-state index in [1.54, 1.807) is 0 Å². The molecule has 0 bridgehead atoms. The Morgan fingerprint density at radius 1 is 1.25 bits per heavy atom. The lowest BCUT2D eigenvalue weighted by Gasteiger charge is -2.19. The molecule has 5 nitrogen and oxygen atoms in total. The number of hydrogen-bond donors (Lipinski definition) is 1. The number of anilines is 1. The van der Waals surface area contributed by atoms with Crippen LogP contribution >= 0.6 is 0 Å². The summed E-state index contributed by atoms with van der Waals surface area (Å²) < 4.78 is 5.66. The summed E-state index contributed by atoms with van der Waals surface area (Å²) in [5, 5.41) is 3.33. The minimum atomic E-state index is -0.0937. The highest BCUT2D eigenvalue weighted by atomic mass is 16.5. The zero-order chi connectivity index (χ0) is 15.2. The first-order valence-corrected chi connectivity index (χ1v) is 7.24. The van der Waals surface area contributed by atoms with Gasteiger partial charge in [-0.25, -0.2) is 4.98 Å². The van der Waals surface area contributed by atoms with Gasteiger partial charge < -0.3 is 15.0 Å². The molecule has 5 heteroatoms. The lowest BCUT2D eigenvalue weighted by atomic mass is 9.96. The van der Waals surface area contributed by atoms with Crippen molar-refractivity contribution in [2.24, 2.45) is 0 Å². The Balaban J connectivity index is 2.86. The van der Waals surface area contributed by atoms with Crippen molar-refractivity contribution >= 4 is 5.82 Å². The third-order valence-corrected chi connectivity index (χ3v) is 2.69. The number of hydrogen-bond acceptors (Lipinski definition) is 5. The van der Waals surface area contributed by atoms with Crippen LogP contribution in [-0.2, 0) is 5.41 Å². The molecule has 0 radical (unpaired) electrons. The maximum atomic E-state index is 5.66. The number of nitrogens with zero attached hydrogens (tertiary/aromatic N) is 3. The molecule has 1 N–H and O–H groups in total. The van der Waals surface area contributed by atoms with Gasteiger partial charge in [-0.1, -0.05) is 27.7 Å². The summed E-state index contributed by atoms with van der Waals surface area (Å²) in [5.74, 6) is 2.29. The summed E-state index contributed by atoms with van der Waals surface area (Å²) in [6, 6.07) is 1.88. The van der Waals surface area contributed by atoms with Crippen molar-refractivity contribution in [3.63, 3.8) is 0 Å². The molecule has 0 aliphatic carbocycles. The van der Waals surface area contributed by atoms with Crippen molar-refractivity contribution in [3.05, 3.63) is 11.9 Å². The van der Waals surface area contributed by atoms with Crippen LogP contribution in [0.5, 0.6) is 5.88 Å². The topological polar surface area (TPSA) is 50.3 Å². The van der Waals surface area contributed by atoms with E-state index in [1.807, 2.05) is 6.07 Å². The van der Waals surface area contributed by atoms with Crippen LogP contribution in [0.1, 0.15) is 39.9 Å². The van der Waals surface area contributed by atoms with E-state index in [9.17, 15) is 0 Å². The minimum Gasteiger partial charge on any atom is -0.478 e. The van der Waals surface area contributed by atoms with Crippen LogP contribution in [0.4, 0.5) is 5.82 Å². The highest BCUT2D eigenvalue weighted by Gasteiger charge is 2.19. The fraction of sp³-hybridized carbons (Fsp3) is 0.733. The number of ether oxygens (including phenoxy) is 1. The molecule has 0 unspecified atom stereocenters. The summed E-state index contributed by atoms with van der Waals surface area (Å²) in [4.78, 5) is 11.2. The van der Waals surface area contributed by atoms with Gasteiger partial charge in [-0.15, -0.1) is 0 Å². The van der Waals surface area contributed by atoms with E-state index < -0.39 is 0 Å². The number of likely N-dealkylation sites (N-methyl/N-ethyl adjacent to an activating group) is 1. The molecule has 20 heavy (non-hydrogen) atoms. The third-order valence-electron chi connectivity index (χ3n) is 2.69. The van der Waals surface area contributed by atoms with Gasteiger partial charge >= 0.3 is 0 Å². The van der Waals surface area contributed by atoms with E-state index in [0.717, 1.165) is 31.2 Å². The van der Waals surface area contributed by atoms with Crippen molar-refractivity contribution in [3.8, 4) is 5.88 Å². The summed E-state index contributed by atoms with van der Waals surface area (Å²) in [6.07, 6.45) is 0.970. The standard InChI is InChI=1S/C15H28N4O/c1-7-10-20-13-11-12(16-8-9-19(5)6)17-14(18-13)15(2,3)4/h11H,7-10H2,1-6H3,(H,16,17,18). The molecule has 0 spiro atoms. The van der Waals surface area contributed by atoms with Crippen molar-refractivity contribution < 1.29 is 4.74 Å². The second-order valence-electron chi connectivity index (χ2n) is 6.24. The Morgan fingerprint density at radius 3 is 2.50 bits per heavy atom. The predicted molar refractivity (Wildman–Crippen MR) is 83.6 cm³/mol. The molecule has 0 atom stereocenters. The van der Waals surface area contributed by atoms with Crippen LogP contribution in [0, 0.1) is 0 Å². The van der Waals surface area contributed by atoms with Crippen LogP contribution in [0.3, 0.4) is 0 Å². The quantitative estimate of drug-likeness (QED) is 0.832. The zero-order valence-corrected chi connectivity index (χ0v) is 13.7. The van der Waals surface area contributed by atoms with E-state index in [4.69, 9.17) is 4.74 Å². The summed E-state index contributed by atoms with van der Waals surface area (Å²) in [6.45, 7) is 10.9. The molecule has 0 saturated heterocycles. The molecule has 114 valence electrons. The molecule has 0 aliphatic rings. The van der Waals surface area contributed by atoms with Crippen molar-refractivity contribution in [2.45, 2.75) is 39.5 Å². The van der Waals surface area contributed by atoms with Crippen LogP contribution in [0.25, 0.3) is 0 Å². The normalized spacial score (nSPS) is 11.8. The van der Waals surface area contributed by atoms with Gasteiger partial charge in [0.15, 0.2) is 0 Å². The highest BCUT2D eigenvalue weighted by molar-refractivity contribution is 5.39. The lowest BCUT2D eigenvalue weighted by Crippen LogP contribution is -2.22. The predicted octanol–water partition coefficient (Wildman–Crippen LogP) is 2.54. The third kappa shape index (κ3) is 5.74. The first-order chi connectivity index (χ1) is 9.32. The molecular formula is C15H28N4O. The van der Waals surface area contributed by atoms with Crippen LogP contribution in [0.15, 0.2) is 6.07 Å². The van der Waals surface area contributed by atoms with E-state index in [1.165, 1.54) is 0 Å². The largest absolute Gasteiger partial charge is 0.478 e. The van der Waals surface area contributed by atoms with Crippen LogP contribution < -0.4 is 10.1 Å². The van der Waals surface area contributed by atoms with E-state index in [2.05, 4.69) is 62.0 Å². The summed E-state index contributed by atoms with van der Waals surface area (Å²) >= 11 is 0. The molecule has 1 aromatic rings. The van der Waals surface area contributed by atoms with Crippen LogP contribution in [-0.4, -0.2) is 48.7 Å². The maximum absolute atomic E-state index is 5.66. The van der Waals surface area contributed by atoms with E-state index in [0.29, 0.717) is 12.5 Å². The Morgan fingerprint density at radius 2 is 1.95 bits per heavy atom. The first kappa shape index (κ1) is 16.7. The SMILES string of the molecule is CCCOc1cc(NCCN(C)C)nc(C(C)(C)C)n1. The molecule has 1 heterocycles. The molecule has 0 aliphatic heterocycles. The van der Waals surface area contributed by atoms with Gasteiger partial charge in [-0.3, -0.25) is 0 Å². The van der Waals surface area contributed by atoms with Crippen LogP contribution in [0.2, 0.25) is 0 Å². The van der Waals surface area contributed by atoms with Gasteiger partial charge in [0.25, 0.3) is 0 Å². The Labute approximate surface area is 122 Å². The minimum absolute atomic E-state index is 0.0937. The molecule has 0 fully saturated rings. The zero-order valence-electron chi connectivity index (χ0n) is 13.7. The second kappa shape index (κ2) is 7.43. The van der Waals surface area contributed by atoms with Gasteiger partial charge in [0.05, 0.1) is 6.61 Å². The Hall–Kier alpha value is -1.36. The molecule has 1 rings (SSSR count). The van der Waals surface area contributed by atoms with Gasteiger partial charge in [-0.05, 0) is 20.5 Å². The van der Waals surface area contributed by atoms with Crippen molar-refractivity contribution in [2.75, 3.05) is 39.1 Å². The Kier molecular flexibility index (Phi) is 6.20. The van der Waals surface area contributed by atoms with Gasteiger partial charge in [-0.2, -0.15) is 4.98 Å². The smallest absolute Gasteiger partial charge is 0.218 e. The second-order valence-corrected chi connectivity index (χ2v) is 6.24. The van der Waals surface area contributed by atoms with Gasteiger partial charge in [0, 0.05) is 24.6 Å². The van der Waals surface area contributed by atoms with Gasteiger partial charge in [0.1, 0.15) is 11.6 Å². The lowest BCUT2D eigenvalue weighted by molar-refractivity contribution is 0.301. The molecule has 1 aromatic heterocycles. The van der Waals surface area contributed by atoms with Crippen molar-refractivity contribution in [1.82, 2.24) is 14.9 Å². The fourth-order valence-corrected chi connectivity index (χ4v) is 1.54. The number of aromatic nitrogens is 2. The molecular weight excluding hydrogens is 252 g/mol. The first-order valence-electron chi connectivity index (χ1n) is 7.24.